The zero-order chi connectivity index (χ0) is 17.5. The second-order valence-electron chi connectivity index (χ2n) is 5.68. The molecule has 0 unspecified atom stereocenters. The maximum absolute atomic E-state index is 13.1. The van der Waals surface area contributed by atoms with Crippen molar-refractivity contribution in [3.8, 4) is 0 Å². The van der Waals surface area contributed by atoms with Crippen LogP contribution in [0.3, 0.4) is 0 Å². The molecule has 0 radical (unpaired) electrons. The van der Waals surface area contributed by atoms with E-state index in [0.29, 0.717) is 0 Å². The maximum atomic E-state index is 13.1. The number of benzene rings is 1. The summed E-state index contributed by atoms with van der Waals surface area (Å²) < 4.78 is 63.0. The van der Waals surface area contributed by atoms with Gasteiger partial charge in [-0.05, 0) is 18.6 Å². The number of halogens is 3. The van der Waals surface area contributed by atoms with E-state index in [-0.39, 0.29) is 29.0 Å². The molecule has 6 nitrogen and oxygen atoms in total. The molecule has 1 amide bonds. The van der Waals surface area contributed by atoms with Crippen LogP contribution in [0.5, 0.6) is 0 Å². The number of para-hydroxylation sites is 2. The number of carbonyl (C=O) groups excluding carboxylic acids is 1. The first-order valence-corrected chi connectivity index (χ1v) is 9.00. The monoisotopic (exact) mass is 361 g/mol. The van der Waals surface area contributed by atoms with E-state index in [1.54, 1.807) is 12.1 Å². The zero-order valence-corrected chi connectivity index (χ0v) is 13.2. The van der Waals surface area contributed by atoms with Crippen LogP contribution >= 0.6 is 0 Å². The molecule has 1 aliphatic rings. The quantitative estimate of drug-likeness (QED) is 0.895. The van der Waals surface area contributed by atoms with E-state index in [2.05, 4.69) is 10.3 Å². The lowest BCUT2D eigenvalue weighted by Gasteiger charge is -2.14. The zero-order valence-electron chi connectivity index (χ0n) is 12.4. The van der Waals surface area contributed by atoms with E-state index >= 15 is 0 Å². The summed E-state index contributed by atoms with van der Waals surface area (Å²) in [5.74, 6) is -2.04. The molecule has 10 heteroatoms. The van der Waals surface area contributed by atoms with Crippen LogP contribution in [0.1, 0.15) is 12.2 Å². The number of amides is 1. The van der Waals surface area contributed by atoms with Crippen molar-refractivity contribution in [2.45, 2.75) is 25.2 Å². The first-order valence-electron chi connectivity index (χ1n) is 7.18. The fourth-order valence-electron chi connectivity index (χ4n) is 2.78. The molecule has 3 rings (SSSR count). The molecule has 0 aliphatic carbocycles. The number of hydrogen-bond acceptors (Lipinski definition) is 4. The van der Waals surface area contributed by atoms with E-state index < -0.39 is 40.3 Å². The molecule has 1 fully saturated rings. The summed E-state index contributed by atoms with van der Waals surface area (Å²) in [5, 5.41) is 2.48. The third-order valence-electron chi connectivity index (χ3n) is 3.81. The van der Waals surface area contributed by atoms with Crippen LogP contribution in [0.15, 0.2) is 24.3 Å². The first kappa shape index (κ1) is 16.7. The van der Waals surface area contributed by atoms with Crippen LogP contribution in [-0.2, 0) is 27.4 Å². The summed E-state index contributed by atoms with van der Waals surface area (Å²) in [7, 11) is -3.18. The summed E-state index contributed by atoms with van der Waals surface area (Å²) in [5.41, 5.74) is 0.333. The van der Waals surface area contributed by atoms with Crippen molar-refractivity contribution in [3.05, 3.63) is 30.1 Å². The van der Waals surface area contributed by atoms with E-state index in [4.69, 9.17) is 0 Å². The van der Waals surface area contributed by atoms with Crippen molar-refractivity contribution in [2.75, 3.05) is 11.5 Å². The van der Waals surface area contributed by atoms with Gasteiger partial charge in [-0.1, -0.05) is 12.1 Å². The van der Waals surface area contributed by atoms with Gasteiger partial charge in [0.05, 0.1) is 22.5 Å². The largest absolute Gasteiger partial charge is 0.449 e. The van der Waals surface area contributed by atoms with E-state index in [0.717, 1.165) is 4.57 Å². The molecule has 1 atom stereocenters. The van der Waals surface area contributed by atoms with Crippen molar-refractivity contribution in [1.29, 1.82) is 0 Å². The Hall–Kier alpha value is -2.10. The normalized spacial score (nSPS) is 20.4. The Bertz CT molecular complexity index is 890. The number of sulfone groups is 1. The van der Waals surface area contributed by atoms with Gasteiger partial charge < -0.3 is 9.88 Å². The lowest BCUT2D eigenvalue weighted by atomic mass is 10.2. The maximum Gasteiger partial charge on any atom is 0.449 e. The predicted octanol–water partition coefficient (Wildman–Crippen LogP) is 1.36. The van der Waals surface area contributed by atoms with Crippen LogP contribution < -0.4 is 5.32 Å². The molecule has 1 saturated heterocycles. The number of hydrogen-bond donors (Lipinski definition) is 1. The number of aromatic nitrogens is 2. The van der Waals surface area contributed by atoms with Crippen LogP contribution in [-0.4, -0.2) is 41.4 Å². The van der Waals surface area contributed by atoms with Gasteiger partial charge in [0.15, 0.2) is 9.84 Å². The van der Waals surface area contributed by atoms with Gasteiger partial charge in [0.1, 0.15) is 6.54 Å². The van der Waals surface area contributed by atoms with Gasteiger partial charge in [-0.2, -0.15) is 13.2 Å². The molecule has 1 aromatic heterocycles. The highest BCUT2D eigenvalue weighted by molar-refractivity contribution is 7.91. The molecule has 2 heterocycles. The minimum atomic E-state index is -4.70. The molecule has 24 heavy (non-hydrogen) atoms. The van der Waals surface area contributed by atoms with Crippen LogP contribution in [0.2, 0.25) is 0 Å². The molecular weight excluding hydrogens is 347 g/mol. The first-order chi connectivity index (χ1) is 11.2. The molecule has 0 saturated carbocycles. The number of alkyl halides is 3. The van der Waals surface area contributed by atoms with Crippen molar-refractivity contribution in [1.82, 2.24) is 14.9 Å². The van der Waals surface area contributed by atoms with Gasteiger partial charge >= 0.3 is 6.18 Å². The lowest BCUT2D eigenvalue weighted by molar-refractivity contribution is -0.147. The van der Waals surface area contributed by atoms with Gasteiger partial charge in [0, 0.05) is 6.04 Å². The molecule has 1 aliphatic heterocycles. The minimum absolute atomic E-state index is 0.0280. The van der Waals surface area contributed by atoms with Gasteiger partial charge in [-0.15, -0.1) is 0 Å². The lowest BCUT2D eigenvalue weighted by Crippen LogP contribution is -2.38. The Morgan fingerprint density at radius 3 is 2.67 bits per heavy atom. The van der Waals surface area contributed by atoms with Gasteiger partial charge in [-0.25, -0.2) is 13.4 Å². The molecule has 0 bridgehead atoms. The number of fused-ring (bicyclic) bond motifs is 1. The Morgan fingerprint density at radius 1 is 1.33 bits per heavy atom. The highest BCUT2D eigenvalue weighted by atomic mass is 32.2. The topological polar surface area (TPSA) is 81.1 Å². The van der Waals surface area contributed by atoms with Gasteiger partial charge in [-0.3, -0.25) is 4.79 Å². The van der Waals surface area contributed by atoms with Crippen molar-refractivity contribution in [3.63, 3.8) is 0 Å². The second kappa shape index (κ2) is 5.76. The summed E-state index contributed by atoms with van der Waals surface area (Å²) in [6.45, 7) is -0.577. The van der Waals surface area contributed by atoms with Crippen molar-refractivity contribution < 1.29 is 26.4 Å². The number of imidazole rings is 1. The Morgan fingerprint density at radius 2 is 2.04 bits per heavy atom. The van der Waals surface area contributed by atoms with Gasteiger partial charge in [0.25, 0.3) is 0 Å². The number of rotatable bonds is 3. The molecule has 2 aromatic rings. The Balaban J connectivity index is 1.85. The Labute approximate surface area is 135 Å². The molecule has 130 valence electrons. The average Bonchev–Trinajstić information content (AvgIpc) is 2.99. The molecular formula is C14H14F3N3O3S. The van der Waals surface area contributed by atoms with E-state index in [9.17, 15) is 26.4 Å². The number of nitrogens with one attached hydrogen (secondary N) is 1. The highest BCUT2D eigenvalue weighted by Crippen LogP contribution is 2.31. The van der Waals surface area contributed by atoms with Crippen molar-refractivity contribution in [2.24, 2.45) is 0 Å². The third-order valence-corrected chi connectivity index (χ3v) is 5.58. The smallest absolute Gasteiger partial charge is 0.351 e. The van der Waals surface area contributed by atoms with Crippen LogP contribution in [0.25, 0.3) is 11.0 Å². The van der Waals surface area contributed by atoms with E-state index in [1.165, 1.54) is 12.1 Å². The molecule has 1 N–H and O–H groups in total. The fraction of sp³-hybridized carbons (Fsp3) is 0.429. The molecule has 1 aromatic carbocycles. The molecule has 0 spiro atoms. The summed E-state index contributed by atoms with van der Waals surface area (Å²) in [6, 6.07) is 5.44. The number of carbonyl (C=O) groups is 1. The SMILES string of the molecule is O=C(Cn1c(C(F)(F)F)nc2ccccc21)N[C@@H]1CCS(=O)(=O)C1. The fourth-order valence-corrected chi connectivity index (χ4v) is 4.45. The summed E-state index contributed by atoms with van der Waals surface area (Å²) >= 11 is 0. The third kappa shape index (κ3) is 3.37. The summed E-state index contributed by atoms with van der Waals surface area (Å²) in [6.07, 6.45) is -4.43. The standard InChI is InChI=1S/C14H14F3N3O3S/c15-14(16,17)13-19-10-3-1-2-4-11(10)20(13)7-12(21)18-9-5-6-24(22,23)8-9/h1-4,9H,5-8H2,(H,18,21)/t9-/m1/s1. The van der Waals surface area contributed by atoms with Crippen LogP contribution in [0, 0.1) is 0 Å². The minimum Gasteiger partial charge on any atom is -0.351 e. The number of nitrogens with zero attached hydrogens (tertiary/aromatic N) is 2. The summed E-state index contributed by atoms with van der Waals surface area (Å²) in [4.78, 5) is 15.6. The Kier molecular flexibility index (Phi) is 4.02. The second-order valence-corrected chi connectivity index (χ2v) is 7.90. The van der Waals surface area contributed by atoms with Crippen LogP contribution in [0.4, 0.5) is 13.2 Å². The highest BCUT2D eigenvalue weighted by Gasteiger charge is 2.38. The van der Waals surface area contributed by atoms with Gasteiger partial charge in [0.2, 0.25) is 11.7 Å². The van der Waals surface area contributed by atoms with Crippen molar-refractivity contribution >= 4 is 26.8 Å². The average molecular weight is 361 g/mol. The van der Waals surface area contributed by atoms with E-state index in [1.807, 2.05) is 0 Å². The predicted molar refractivity (Wildman–Crippen MR) is 79.9 cm³/mol.